The van der Waals surface area contributed by atoms with Crippen LogP contribution in [-0.4, -0.2) is 43.3 Å². The van der Waals surface area contributed by atoms with Crippen LogP contribution in [0.3, 0.4) is 0 Å². The monoisotopic (exact) mass is 335 g/mol. The minimum absolute atomic E-state index is 0.283. The average molecular weight is 335 g/mol. The molecule has 0 radical (unpaired) electrons. The quantitative estimate of drug-likeness (QED) is 0.765. The number of methoxy groups -OCH3 is 1. The molecule has 4 rings (SSSR count). The summed E-state index contributed by atoms with van der Waals surface area (Å²) >= 11 is 0. The van der Waals surface area contributed by atoms with Gasteiger partial charge in [-0.2, -0.15) is 0 Å². The highest BCUT2D eigenvalue weighted by atomic mass is 16.5. The van der Waals surface area contributed by atoms with Crippen LogP contribution in [0, 0.1) is 0 Å². The zero-order chi connectivity index (χ0) is 17.2. The summed E-state index contributed by atoms with van der Waals surface area (Å²) < 4.78 is 5.45. The molecule has 0 atom stereocenters. The van der Waals surface area contributed by atoms with Gasteiger partial charge in [-0.3, -0.25) is 0 Å². The lowest BCUT2D eigenvalue weighted by molar-refractivity contribution is 0.415. The zero-order valence-electron chi connectivity index (χ0n) is 14.2. The van der Waals surface area contributed by atoms with Crippen LogP contribution in [0.15, 0.2) is 42.6 Å². The van der Waals surface area contributed by atoms with Crippen LogP contribution in [0.2, 0.25) is 0 Å². The lowest BCUT2D eigenvalue weighted by Crippen LogP contribution is -2.43. The van der Waals surface area contributed by atoms with Gasteiger partial charge in [0.25, 0.3) is 0 Å². The molecule has 1 aliphatic heterocycles. The Kier molecular flexibility index (Phi) is 4.11. The van der Waals surface area contributed by atoms with Gasteiger partial charge < -0.3 is 20.7 Å². The summed E-state index contributed by atoms with van der Waals surface area (Å²) in [7, 11) is 1.70. The second-order valence-corrected chi connectivity index (χ2v) is 6.08. The van der Waals surface area contributed by atoms with Crippen molar-refractivity contribution in [3.8, 4) is 17.0 Å². The number of nitrogens with two attached hydrogens (primary N) is 1. The highest BCUT2D eigenvalue weighted by molar-refractivity contribution is 6.04. The molecule has 1 fully saturated rings. The summed E-state index contributed by atoms with van der Waals surface area (Å²) in [6.07, 6.45) is 1.69. The van der Waals surface area contributed by atoms with Crippen molar-refractivity contribution >= 4 is 22.4 Å². The first-order chi connectivity index (χ1) is 12.3. The maximum atomic E-state index is 5.78. The number of nitrogens with zero attached hydrogens (tertiary/aromatic N) is 3. The molecule has 6 heteroatoms. The summed E-state index contributed by atoms with van der Waals surface area (Å²) in [5.41, 5.74) is 8.87. The molecule has 1 aromatic heterocycles. The number of anilines is 2. The van der Waals surface area contributed by atoms with E-state index >= 15 is 0 Å². The highest BCUT2D eigenvalue weighted by Crippen LogP contribution is 2.36. The first kappa shape index (κ1) is 15.7. The van der Waals surface area contributed by atoms with E-state index in [1.165, 1.54) is 5.69 Å². The van der Waals surface area contributed by atoms with Gasteiger partial charge in [-0.15, -0.1) is 0 Å². The largest absolute Gasteiger partial charge is 0.497 e. The van der Waals surface area contributed by atoms with Crippen LogP contribution in [0.25, 0.3) is 22.0 Å². The van der Waals surface area contributed by atoms with Crippen molar-refractivity contribution < 1.29 is 4.74 Å². The fourth-order valence-corrected chi connectivity index (χ4v) is 3.37. The number of fused-ring (bicyclic) bond motifs is 1. The predicted molar refractivity (Wildman–Crippen MR) is 101 cm³/mol. The van der Waals surface area contributed by atoms with Crippen molar-refractivity contribution in [2.24, 2.45) is 0 Å². The normalized spacial score (nSPS) is 14.7. The number of aromatic nitrogens is 2. The highest BCUT2D eigenvalue weighted by Gasteiger charge is 2.16. The van der Waals surface area contributed by atoms with E-state index in [1.54, 1.807) is 13.3 Å². The predicted octanol–water partition coefficient (Wildman–Crippen LogP) is 2.30. The fraction of sp³-hybridized carbons (Fsp3) is 0.263. The van der Waals surface area contributed by atoms with Crippen molar-refractivity contribution in [2.75, 3.05) is 43.9 Å². The van der Waals surface area contributed by atoms with Gasteiger partial charge in [0.05, 0.1) is 12.8 Å². The van der Waals surface area contributed by atoms with Crippen LogP contribution in [0.4, 0.5) is 11.6 Å². The van der Waals surface area contributed by atoms with Crippen molar-refractivity contribution in [3.05, 3.63) is 42.6 Å². The molecule has 2 heterocycles. The maximum Gasteiger partial charge on any atom is 0.220 e. The Bertz CT molecular complexity index is 905. The molecule has 2 aromatic carbocycles. The molecule has 1 saturated heterocycles. The Hall–Kier alpha value is -2.86. The van der Waals surface area contributed by atoms with Gasteiger partial charge in [-0.25, -0.2) is 9.97 Å². The second-order valence-electron chi connectivity index (χ2n) is 6.08. The van der Waals surface area contributed by atoms with E-state index in [1.807, 2.05) is 12.1 Å². The number of rotatable bonds is 3. The summed E-state index contributed by atoms with van der Waals surface area (Å²) in [5, 5.41) is 5.70. The number of piperazine rings is 1. The zero-order valence-corrected chi connectivity index (χ0v) is 14.2. The summed E-state index contributed by atoms with van der Waals surface area (Å²) in [5.74, 6) is 1.13. The molecule has 0 amide bonds. The molecular weight excluding hydrogens is 314 g/mol. The Balaban J connectivity index is 1.91. The number of benzene rings is 2. The molecule has 128 valence electrons. The van der Waals surface area contributed by atoms with E-state index in [0.29, 0.717) is 0 Å². The van der Waals surface area contributed by atoms with Crippen LogP contribution in [-0.2, 0) is 0 Å². The molecule has 1 aliphatic rings. The molecule has 25 heavy (non-hydrogen) atoms. The molecule has 6 nitrogen and oxygen atoms in total. The third-order valence-corrected chi connectivity index (χ3v) is 4.61. The van der Waals surface area contributed by atoms with E-state index in [0.717, 1.165) is 54.0 Å². The first-order valence-electron chi connectivity index (χ1n) is 8.41. The van der Waals surface area contributed by atoms with E-state index < -0.39 is 0 Å². The third-order valence-electron chi connectivity index (χ3n) is 4.61. The van der Waals surface area contributed by atoms with Crippen LogP contribution in [0.5, 0.6) is 5.75 Å². The summed E-state index contributed by atoms with van der Waals surface area (Å²) in [6.45, 7) is 3.98. The van der Waals surface area contributed by atoms with Crippen LogP contribution < -0.4 is 20.7 Å². The molecule has 0 bridgehead atoms. The van der Waals surface area contributed by atoms with Crippen molar-refractivity contribution in [1.82, 2.24) is 15.3 Å². The Morgan fingerprint density at radius 2 is 1.92 bits per heavy atom. The van der Waals surface area contributed by atoms with Gasteiger partial charge in [0, 0.05) is 49.0 Å². The van der Waals surface area contributed by atoms with Crippen molar-refractivity contribution in [1.29, 1.82) is 0 Å². The lowest BCUT2D eigenvalue weighted by atomic mass is 9.99. The number of ether oxygens (including phenoxy) is 1. The Morgan fingerprint density at radius 1 is 1.08 bits per heavy atom. The molecule has 0 aliphatic carbocycles. The minimum Gasteiger partial charge on any atom is -0.497 e. The van der Waals surface area contributed by atoms with Gasteiger partial charge in [0.2, 0.25) is 5.95 Å². The molecule has 0 spiro atoms. The molecule has 3 N–H and O–H groups in total. The van der Waals surface area contributed by atoms with Crippen molar-refractivity contribution in [2.45, 2.75) is 0 Å². The van der Waals surface area contributed by atoms with Gasteiger partial charge in [0.15, 0.2) is 0 Å². The minimum atomic E-state index is 0.283. The van der Waals surface area contributed by atoms with E-state index in [4.69, 9.17) is 10.5 Å². The van der Waals surface area contributed by atoms with E-state index in [2.05, 4.69) is 44.5 Å². The van der Waals surface area contributed by atoms with Crippen molar-refractivity contribution in [3.63, 3.8) is 0 Å². The molecule has 3 aromatic rings. The second kappa shape index (κ2) is 6.57. The Morgan fingerprint density at radius 3 is 2.68 bits per heavy atom. The smallest absolute Gasteiger partial charge is 0.220 e. The van der Waals surface area contributed by atoms with Gasteiger partial charge in [0.1, 0.15) is 5.75 Å². The number of hydrogen-bond donors (Lipinski definition) is 2. The Labute approximate surface area is 146 Å². The number of nitrogen functional groups attached to an aromatic ring is 1. The number of hydrogen-bond acceptors (Lipinski definition) is 6. The van der Waals surface area contributed by atoms with Crippen LogP contribution >= 0.6 is 0 Å². The molecule has 0 unspecified atom stereocenters. The molecule has 0 saturated carbocycles. The van der Waals surface area contributed by atoms with Gasteiger partial charge in [-0.1, -0.05) is 6.07 Å². The third kappa shape index (κ3) is 2.96. The summed E-state index contributed by atoms with van der Waals surface area (Å²) in [6, 6.07) is 12.3. The SMILES string of the molecule is COc1ccc2c(-c3ccnc(N)n3)ccc(N3CCNCC3)c2c1. The fourth-order valence-electron chi connectivity index (χ4n) is 3.37. The standard InChI is InChI=1S/C19H21N5O/c1-25-13-2-3-14-15(17-6-7-22-19(20)23-17)4-5-18(16(14)12-13)24-10-8-21-9-11-24/h2-7,12,21H,8-11H2,1H3,(H2,20,22,23). The topological polar surface area (TPSA) is 76.3 Å². The van der Waals surface area contributed by atoms with E-state index in [-0.39, 0.29) is 5.95 Å². The number of nitrogens with one attached hydrogen (secondary N) is 1. The first-order valence-corrected chi connectivity index (χ1v) is 8.41. The van der Waals surface area contributed by atoms with Gasteiger partial charge >= 0.3 is 0 Å². The lowest BCUT2D eigenvalue weighted by Gasteiger charge is -2.31. The summed E-state index contributed by atoms with van der Waals surface area (Å²) in [4.78, 5) is 10.8. The average Bonchev–Trinajstić information content (AvgIpc) is 2.67. The van der Waals surface area contributed by atoms with Gasteiger partial charge in [-0.05, 0) is 35.7 Å². The maximum absolute atomic E-state index is 5.78. The molecular formula is C19H21N5O. The van der Waals surface area contributed by atoms with Crippen LogP contribution in [0.1, 0.15) is 0 Å². The van der Waals surface area contributed by atoms with E-state index in [9.17, 15) is 0 Å².